The first kappa shape index (κ1) is 14.1. The largest absolute Gasteiger partial charge is 0.310 e. The van der Waals surface area contributed by atoms with Gasteiger partial charge >= 0.3 is 0 Å². The monoisotopic (exact) mass is 360 g/mol. The molecule has 5 nitrogen and oxygen atoms in total. The average molecular weight is 361 g/mol. The van der Waals surface area contributed by atoms with Crippen molar-refractivity contribution in [3.8, 4) is 0 Å². The summed E-state index contributed by atoms with van der Waals surface area (Å²) in [5, 5.41) is 0. The van der Waals surface area contributed by atoms with Gasteiger partial charge in [0.25, 0.3) is 5.56 Å². The van der Waals surface area contributed by atoms with Crippen molar-refractivity contribution in [3.05, 3.63) is 55.9 Å². The van der Waals surface area contributed by atoms with Gasteiger partial charge in [0, 0.05) is 48.8 Å². The number of H-pyrrole nitrogens is 1. The zero-order valence-electron chi connectivity index (χ0n) is 12.2. The zero-order chi connectivity index (χ0) is 15.1. The van der Waals surface area contributed by atoms with E-state index in [1.807, 2.05) is 6.20 Å². The van der Waals surface area contributed by atoms with Crippen molar-refractivity contribution in [3.63, 3.8) is 0 Å². The Morgan fingerprint density at radius 3 is 3.00 bits per heavy atom. The molecule has 0 unspecified atom stereocenters. The van der Waals surface area contributed by atoms with Crippen molar-refractivity contribution in [2.45, 2.75) is 38.3 Å². The van der Waals surface area contributed by atoms with Gasteiger partial charge in [-0.15, -0.1) is 0 Å². The summed E-state index contributed by atoms with van der Waals surface area (Å²) >= 11 is 3.45. The third kappa shape index (κ3) is 2.85. The minimum absolute atomic E-state index is 0.0453. The summed E-state index contributed by atoms with van der Waals surface area (Å²) in [6.07, 6.45) is 6.82. The highest BCUT2D eigenvalue weighted by Crippen LogP contribution is 2.37. The van der Waals surface area contributed by atoms with Crippen LogP contribution in [0.3, 0.4) is 0 Å². The molecule has 0 radical (unpaired) electrons. The number of nitrogens with zero attached hydrogens (tertiary/aromatic N) is 3. The fraction of sp³-hybridized carbons (Fsp3) is 0.438. The van der Waals surface area contributed by atoms with Crippen LogP contribution in [0.4, 0.5) is 0 Å². The molecule has 2 aromatic heterocycles. The Labute approximate surface area is 136 Å². The van der Waals surface area contributed by atoms with Gasteiger partial charge in [-0.05, 0) is 40.4 Å². The first-order chi connectivity index (χ1) is 10.7. The van der Waals surface area contributed by atoms with Gasteiger partial charge in [0.05, 0.1) is 11.3 Å². The molecule has 0 spiro atoms. The SMILES string of the molecule is O=c1[nH]c(C2CC2)nc2c1CN(Cc1cncc(Br)c1)CC2. The van der Waals surface area contributed by atoms with Crippen molar-refractivity contribution in [2.24, 2.45) is 0 Å². The molecule has 2 aromatic rings. The van der Waals surface area contributed by atoms with Crippen LogP contribution >= 0.6 is 15.9 Å². The number of fused-ring (bicyclic) bond motifs is 1. The molecule has 2 aliphatic rings. The number of aromatic amines is 1. The summed E-state index contributed by atoms with van der Waals surface area (Å²) in [5.74, 6) is 1.39. The van der Waals surface area contributed by atoms with Gasteiger partial charge in [-0.2, -0.15) is 0 Å². The molecule has 0 atom stereocenters. The van der Waals surface area contributed by atoms with Gasteiger partial charge in [-0.1, -0.05) is 0 Å². The lowest BCUT2D eigenvalue weighted by molar-refractivity contribution is 0.241. The molecule has 1 aliphatic heterocycles. The van der Waals surface area contributed by atoms with Crippen molar-refractivity contribution in [1.82, 2.24) is 19.9 Å². The lowest BCUT2D eigenvalue weighted by atomic mass is 10.1. The predicted molar refractivity (Wildman–Crippen MR) is 86.6 cm³/mol. The summed E-state index contributed by atoms with van der Waals surface area (Å²) in [6, 6.07) is 2.07. The second-order valence-electron chi connectivity index (χ2n) is 6.12. The maximum Gasteiger partial charge on any atom is 0.255 e. The first-order valence-corrected chi connectivity index (χ1v) is 8.42. The minimum Gasteiger partial charge on any atom is -0.310 e. The molecule has 6 heteroatoms. The third-order valence-electron chi connectivity index (χ3n) is 4.30. The highest BCUT2D eigenvalue weighted by Gasteiger charge is 2.29. The first-order valence-electron chi connectivity index (χ1n) is 7.63. The van der Waals surface area contributed by atoms with E-state index in [9.17, 15) is 4.79 Å². The number of aromatic nitrogens is 3. The second-order valence-corrected chi connectivity index (χ2v) is 7.04. The number of halogens is 1. The molecule has 114 valence electrons. The Kier molecular flexibility index (Phi) is 3.58. The normalized spacial score (nSPS) is 18.2. The molecular weight excluding hydrogens is 344 g/mol. The maximum absolute atomic E-state index is 12.3. The summed E-state index contributed by atoms with van der Waals surface area (Å²) in [4.78, 5) is 26.5. The smallest absolute Gasteiger partial charge is 0.255 e. The van der Waals surface area contributed by atoms with E-state index in [1.165, 1.54) is 0 Å². The molecule has 0 saturated heterocycles. The van der Waals surface area contributed by atoms with E-state index in [0.717, 1.165) is 59.5 Å². The molecule has 3 heterocycles. The highest BCUT2D eigenvalue weighted by molar-refractivity contribution is 9.10. The maximum atomic E-state index is 12.3. The molecular formula is C16H17BrN4O. The minimum atomic E-state index is 0.0453. The van der Waals surface area contributed by atoms with Crippen molar-refractivity contribution in [1.29, 1.82) is 0 Å². The predicted octanol–water partition coefficient (Wildman–Crippen LogP) is 2.36. The van der Waals surface area contributed by atoms with E-state index in [0.29, 0.717) is 12.5 Å². The topological polar surface area (TPSA) is 61.9 Å². The number of hydrogen-bond donors (Lipinski definition) is 1. The standard InChI is InChI=1S/C16H17BrN4O/c17-12-5-10(6-18-7-12)8-21-4-3-14-13(9-21)16(22)20-15(19-14)11-1-2-11/h5-7,11H,1-4,8-9H2,(H,19,20,22). The van der Waals surface area contributed by atoms with Gasteiger partial charge in [0.15, 0.2) is 0 Å². The van der Waals surface area contributed by atoms with Crippen LogP contribution < -0.4 is 5.56 Å². The molecule has 0 aromatic carbocycles. The van der Waals surface area contributed by atoms with E-state index in [1.54, 1.807) is 6.20 Å². The van der Waals surface area contributed by atoms with Crippen LogP contribution in [-0.2, 0) is 19.5 Å². The van der Waals surface area contributed by atoms with E-state index >= 15 is 0 Å². The molecule has 1 aliphatic carbocycles. The summed E-state index contributed by atoms with van der Waals surface area (Å²) in [6.45, 7) is 2.39. The Hall–Kier alpha value is -1.53. The number of pyridine rings is 1. The number of rotatable bonds is 3. The molecule has 1 N–H and O–H groups in total. The van der Waals surface area contributed by atoms with Gasteiger partial charge in [0.2, 0.25) is 0 Å². The zero-order valence-corrected chi connectivity index (χ0v) is 13.8. The third-order valence-corrected chi connectivity index (χ3v) is 4.73. The summed E-state index contributed by atoms with van der Waals surface area (Å²) < 4.78 is 0.982. The van der Waals surface area contributed by atoms with Crippen LogP contribution in [0.5, 0.6) is 0 Å². The van der Waals surface area contributed by atoms with Crippen LogP contribution in [0.1, 0.15) is 41.4 Å². The highest BCUT2D eigenvalue weighted by atomic mass is 79.9. The second kappa shape index (κ2) is 5.59. The van der Waals surface area contributed by atoms with Gasteiger partial charge < -0.3 is 4.98 Å². The number of hydrogen-bond acceptors (Lipinski definition) is 4. The van der Waals surface area contributed by atoms with Gasteiger partial charge in [-0.25, -0.2) is 4.98 Å². The fourth-order valence-electron chi connectivity index (χ4n) is 2.99. The average Bonchev–Trinajstić information content (AvgIpc) is 3.32. The quantitative estimate of drug-likeness (QED) is 0.912. The Morgan fingerprint density at radius 2 is 2.23 bits per heavy atom. The Balaban J connectivity index is 1.55. The Morgan fingerprint density at radius 1 is 1.36 bits per heavy atom. The Bertz CT molecular complexity index is 769. The fourth-order valence-corrected chi connectivity index (χ4v) is 3.40. The van der Waals surface area contributed by atoms with Crippen LogP contribution in [0.25, 0.3) is 0 Å². The summed E-state index contributed by atoms with van der Waals surface area (Å²) in [7, 11) is 0. The van der Waals surface area contributed by atoms with Crippen LogP contribution in [0.2, 0.25) is 0 Å². The van der Waals surface area contributed by atoms with Crippen LogP contribution in [0, 0.1) is 0 Å². The summed E-state index contributed by atoms with van der Waals surface area (Å²) in [5.41, 5.74) is 3.02. The molecule has 0 bridgehead atoms. The van der Waals surface area contributed by atoms with E-state index in [2.05, 4.69) is 41.8 Å². The molecule has 0 amide bonds. The lowest BCUT2D eigenvalue weighted by Gasteiger charge is -2.27. The lowest BCUT2D eigenvalue weighted by Crippen LogP contribution is -2.35. The van der Waals surface area contributed by atoms with Gasteiger partial charge in [0.1, 0.15) is 5.82 Å². The van der Waals surface area contributed by atoms with Crippen molar-refractivity contribution in [2.75, 3.05) is 6.54 Å². The molecule has 4 rings (SSSR count). The molecule has 22 heavy (non-hydrogen) atoms. The van der Waals surface area contributed by atoms with E-state index in [4.69, 9.17) is 0 Å². The van der Waals surface area contributed by atoms with Crippen molar-refractivity contribution < 1.29 is 0 Å². The van der Waals surface area contributed by atoms with Gasteiger partial charge in [-0.3, -0.25) is 14.7 Å². The molecule has 1 saturated carbocycles. The molecule has 1 fully saturated rings. The van der Waals surface area contributed by atoms with E-state index < -0.39 is 0 Å². The van der Waals surface area contributed by atoms with E-state index in [-0.39, 0.29) is 5.56 Å². The van der Waals surface area contributed by atoms with Crippen LogP contribution in [-0.4, -0.2) is 26.4 Å². The number of nitrogens with one attached hydrogen (secondary N) is 1. The van der Waals surface area contributed by atoms with Crippen LogP contribution in [0.15, 0.2) is 27.7 Å². The van der Waals surface area contributed by atoms with Crippen molar-refractivity contribution >= 4 is 15.9 Å².